The summed E-state index contributed by atoms with van der Waals surface area (Å²) in [6.07, 6.45) is 1.78. The number of pyridine rings is 1. The van der Waals surface area contributed by atoms with E-state index in [1.807, 2.05) is 102 Å². The van der Waals surface area contributed by atoms with E-state index in [4.69, 9.17) is 22.1 Å². The van der Waals surface area contributed by atoms with Crippen LogP contribution in [0.2, 0.25) is 0 Å². The zero-order valence-corrected chi connectivity index (χ0v) is 31.5. The van der Waals surface area contributed by atoms with Crippen molar-refractivity contribution in [2.24, 2.45) is 0 Å². The maximum atomic E-state index is 9.02. The van der Waals surface area contributed by atoms with Crippen LogP contribution in [-0.2, 0) is 0 Å². The van der Waals surface area contributed by atoms with Crippen LogP contribution in [0.15, 0.2) is 218 Å². The van der Waals surface area contributed by atoms with Crippen LogP contribution >= 0.6 is 0 Å². The van der Waals surface area contributed by atoms with Gasteiger partial charge in [-0.05, 0) is 82.9 Å². The summed E-state index contributed by atoms with van der Waals surface area (Å²) in [6.45, 7) is 0.178. The molecule has 1 aliphatic rings. The second kappa shape index (κ2) is 14.6. The number of rotatable bonds is 8. The summed E-state index contributed by atoms with van der Waals surface area (Å²) in [4.78, 5) is 8.78. The highest BCUT2D eigenvalue weighted by atomic mass is 16.5. The summed E-state index contributed by atoms with van der Waals surface area (Å²) in [5.41, 5.74) is 7.75. The van der Waals surface area contributed by atoms with Gasteiger partial charge in [-0.3, -0.25) is 4.57 Å². The molecule has 0 spiro atoms. The second-order valence-corrected chi connectivity index (χ2v) is 14.2. The van der Waals surface area contributed by atoms with Gasteiger partial charge in [-0.25, -0.2) is 4.98 Å². The summed E-state index contributed by atoms with van der Waals surface area (Å²) >= 11 is 0. The molecule has 0 unspecified atom stereocenters. The van der Waals surface area contributed by atoms with Crippen LogP contribution in [-0.4, -0.2) is 16.2 Å². The number of hydrogen-bond donors (Lipinski definition) is 0. The van der Waals surface area contributed by atoms with Gasteiger partial charge in [0.05, 0.1) is 40.4 Å². The fourth-order valence-corrected chi connectivity index (χ4v) is 8.15. The summed E-state index contributed by atoms with van der Waals surface area (Å²) < 4.78 is 86.7. The minimum atomic E-state index is -0.522. The lowest BCUT2D eigenvalue weighted by atomic mass is 9.95. The first-order valence-electron chi connectivity index (χ1n) is 23.7. The molecule has 3 heterocycles. The number of benzene rings is 8. The van der Waals surface area contributed by atoms with Crippen molar-refractivity contribution in [2.75, 3.05) is 16.5 Å². The van der Waals surface area contributed by atoms with Crippen LogP contribution in [0.1, 0.15) is 12.3 Å². The van der Waals surface area contributed by atoms with E-state index in [-0.39, 0.29) is 35.9 Å². The molecular formula is C54H38N4O. The van der Waals surface area contributed by atoms with Crippen molar-refractivity contribution in [3.05, 3.63) is 218 Å². The minimum absolute atomic E-state index is 0.0318. The SMILES string of the molecule is [2H]c1cc(-c2cccc(-c3c([2H])c([2H])c([2H])c([2H])c3[2H])c2N2CN(c3cccc(Oc4ccc5c6cc(-c7ccccc7)ccc6n(-c6ccccn6)c5c4)c3)c3ccccc32)c([2H])c([2H])c1[2H]. The Morgan fingerprint density at radius 2 is 1.20 bits per heavy atom. The lowest BCUT2D eigenvalue weighted by Gasteiger charge is -2.27. The molecule has 0 saturated carbocycles. The standard InChI is InChI=1S/C54H38N4O/c1-4-16-38(17-5-1)41-29-32-49-48(34-41)47-31-30-44(36-52(47)58(49)53-28-12-13-33-55-53)59-43-23-14-22-42(35-43)56-37-57(51-27-11-10-26-50(51)56)54-45(39-18-6-2-7-19-39)24-15-25-46(54)40-20-8-3-9-21-40/h1-36H,37H2/i2D,3D,6D,7D,8D,9D,18D,19D,20D. The van der Waals surface area contributed by atoms with Crippen LogP contribution < -0.4 is 14.5 Å². The van der Waals surface area contributed by atoms with E-state index in [0.717, 1.165) is 55.8 Å². The van der Waals surface area contributed by atoms with Gasteiger partial charge in [-0.15, -0.1) is 0 Å². The van der Waals surface area contributed by atoms with E-state index < -0.39 is 36.3 Å². The summed E-state index contributed by atoms with van der Waals surface area (Å²) in [6, 6.07) is 47.0. The third-order valence-electron chi connectivity index (χ3n) is 10.7. The van der Waals surface area contributed by atoms with Crippen molar-refractivity contribution in [3.8, 4) is 50.7 Å². The molecule has 0 bridgehead atoms. The third-order valence-corrected chi connectivity index (χ3v) is 10.7. The molecular weight excluding hydrogens is 721 g/mol. The number of aromatic nitrogens is 2. The number of fused-ring (bicyclic) bond motifs is 4. The average molecular weight is 768 g/mol. The Balaban J connectivity index is 1.01. The lowest BCUT2D eigenvalue weighted by Crippen LogP contribution is -2.24. The van der Waals surface area contributed by atoms with Crippen molar-refractivity contribution in [2.45, 2.75) is 0 Å². The first-order chi connectivity index (χ1) is 33.0. The zero-order valence-electron chi connectivity index (χ0n) is 40.5. The Kier molecular flexibility index (Phi) is 6.44. The van der Waals surface area contributed by atoms with Gasteiger partial charge in [0.15, 0.2) is 0 Å². The van der Waals surface area contributed by atoms with E-state index in [1.165, 1.54) is 6.07 Å². The molecule has 0 radical (unpaired) electrons. The number of para-hydroxylation sites is 3. The van der Waals surface area contributed by atoms with Crippen molar-refractivity contribution in [1.29, 1.82) is 0 Å². The van der Waals surface area contributed by atoms with Gasteiger partial charge in [0.2, 0.25) is 0 Å². The molecule has 5 nitrogen and oxygen atoms in total. The van der Waals surface area contributed by atoms with Gasteiger partial charge in [0.25, 0.3) is 0 Å². The van der Waals surface area contributed by atoms with Gasteiger partial charge >= 0.3 is 0 Å². The summed E-state index contributed by atoms with van der Waals surface area (Å²) in [7, 11) is 0. The average Bonchev–Trinajstić information content (AvgIpc) is 3.91. The van der Waals surface area contributed by atoms with Crippen molar-refractivity contribution < 1.29 is 17.1 Å². The lowest BCUT2D eigenvalue weighted by molar-refractivity contribution is 0.483. The fraction of sp³-hybridized carbons (Fsp3) is 0.0185. The molecule has 0 N–H and O–H groups in total. The fourth-order valence-electron chi connectivity index (χ4n) is 8.15. The maximum absolute atomic E-state index is 9.02. The molecule has 11 rings (SSSR count). The highest BCUT2D eigenvalue weighted by Gasteiger charge is 2.31. The van der Waals surface area contributed by atoms with Crippen LogP contribution in [0, 0.1) is 0 Å². The van der Waals surface area contributed by atoms with Crippen molar-refractivity contribution >= 4 is 44.6 Å². The zero-order chi connectivity index (χ0) is 47.0. The Hall–Kier alpha value is -7.89. The van der Waals surface area contributed by atoms with E-state index in [9.17, 15) is 0 Å². The highest BCUT2D eigenvalue weighted by Crippen LogP contribution is 2.50. The number of anilines is 4. The van der Waals surface area contributed by atoms with Crippen LogP contribution in [0.3, 0.4) is 0 Å². The molecule has 2 aromatic heterocycles. The minimum Gasteiger partial charge on any atom is -0.457 e. The molecule has 5 heteroatoms. The van der Waals surface area contributed by atoms with Crippen LogP contribution in [0.4, 0.5) is 22.7 Å². The molecule has 10 aromatic rings. The number of nitrogens with zero attached hydrogens (tertiary/aromatic N) is 4. The molecule has 0 aliphatic carbocycles. The highest BCUT2D eigenvalue weighted by molar-refractivity contribution is 6.10. The first kappa shape index (κ1) is 26.1. The predicted octanol–water partition coefficient (Wildman–Crippen LogP) is 14.2. The maximum Gasteiger partial charge on any atom is 0.137 e. The van der Waals surface area contributed by atoms with Crippen LogP contribution in [0.25, 0.3) is 61.0 Å². The molecule has 0 fully saturated rings. The predicted molar refractivity (Wildman–Crippen MR) is 243 cm³/mol. The van der Waals surface area contributed by atoms with E-state index >= 15 is 0 Å². The van der Waals surface area contributed by atoms with Gasteiger partial charge in [0, 0.05) is 45.9 Å². The topological polar surface area (TPSA) is 33.5 Å². The largest absolute Gasteiger partial charge is 0.457 e. The molecule has 59 heavy (non-hydrogen) atoms. The molecule has 0 amide bonds. The van der Waals surface area contributed by atoms with Crippen molar-refractivity contribution in [3.63, 3.8) is 0 Å². The van der Waals surface area contributed by atoms with Gasteiger partial charge in [-0.1, -0.05) is 139 Å². The third kappa shape index (κ3) is 6.17. The number of ether oxygens (including phenoxy) is 1. The number of hydrogen-bond acceptors (Lipinski definition) is 4. The molecule has 0 atom stereocenters. The van der Waals surface area contributed by atoms with Gasteiger partial charge < -0.3 is 14.5 Å². The monoisotopic (exact) mass is 767 g/mol. The Morgan fingerprint density at radius 3 is 2.03 bits per heavy atom. The van der Waals surface area contributed by atoms with E-state index in [0.29, 0.717) is 28.3 Å². The van der Waals surface area contributed by atoms with Crippen molar-refractivity contribution in [1.82, 2.24) is 9.55 Å². The van der Waals surface area contributed by atoms with E-state index in [2.05, 4.69) is 45.9 Å². The molecule has 1 aliphatic heterocycles. The molecule has 280 valence electrons. The summed E-state index contributed by atoms with van der Waals surface area (Å²) in [5, 5.41) is 2.13. The Labute approximate surface area is 355 Å². The quantitative estimate of drug-likeness (QED) is 0.154. The molecule has 8 aromatic carbocycles. The summed E-state index contributed by atoms with van der Waals surface area (Å²) in [5.74, 6) is 1.97. The van der Waals surface area contributed by atoms with Gasteiger partial charge in [-0.2, -0.15) is 0 Å². The van der Waals surface area contributed by atoms with Gasteiger partial charge in [0.1, 0.15) is 24.0 Å². The first-order valence-corrected chi connectivity index (χ1v) is 19.2. The van der Waals surface area contributed by atoms with E-state index in [1.54, 1.807) is 24.4 Å². The smallest absolute Gasteiger partial charge is 0.137 e. The Bertz CT molecular complexity index is 3630. The van der Waals surface area contributed by atoms with Crippen LogP contribution in [0.5, 0.6) is 11.5 Å². The molecule has 0 saturated heterocycles. The normalized spacial score (nSPS) is 14.4. The second-order valence-electron chi connectivity index (χ2n) is 14.2. The Morgan fingerprint density at radius 1 is 0.475 bits per heavy atom.